The summed E-state index contributed by atoms with van der Waals surface area (Å²) >= 11 is 0. The van der Waals surface area contributed by atoms with Gasteiger partial charge in [-0.3, -0.25) is 0 Å². The van der Waals surface area contributed by atoms with Crippen molar-refractivity contribution in [2.24, 2.45) is 11.8 Å². The van der Waals surface area contributed by atoms with Crippen molar-refractivity contribution in [2.75, 3.05) is 14.2 Å². The number of likely N-dealkylation sites (N-methyl/N-ethyl adjacent to an activating group) is 1. The van der Waals surface area contributed by atoms with Gasteiger partial charge in [-0.15, -0.1) is 0 Å². The van der Waals surface area contributed by atoms with Crippen LogP contribution < -0.4 is 5.32 Å². The Morgan fingerprint density at radius 2 is 1.88 bits per heavy atom. The minimum absolute atomic E-state index is 0.113. The fourth-order valence-corrected chi connectivity index (χ4v) is 4.36. The van der Waals surface area contributed by atoms with Gasteiger partial charge in [-0.2, -0.15) is 0 Å². The lowest BCUT2D eigenvalue weighted by atomic mass is 9.70. The number of ether oxygens (including phenoxy) is 1. The lowest BCUT2D eigenvalue weighted by molar-refractivity contribution is -0.0903. The summed E-state index contributed by atoms with van der Waals surface area (Å²) in [6.45, 7) is 2.38. The highest BCUT2D eigenvalue weighted by Gasteiger charge is 2.45. The van der Waals surface area contributed by atoms with Crippen molar-refractivity contribution in [3.63, 3.8) is 0 Å². The van der Waals surface area contributed by atoms with Gasteiger partial charge in [-0.05, 0) is 44.6 Å². The largest absolute Gasteiger partial charge is 0.377 e. The minimum atomic E-state index is 0.113. The highest BCUT2D eigenvalue weighted by Crippen LogP contribution is 2.42. The van der Waals surface area contributed by atoms with Crippen LogP contribution in [0.15, 0.2) is 0 Å². The normalized spacial score (nSPS) is 37.2. The molecule has 1 N–H and O–H groups in total. The Bertz CT molecular complexity index is 237. The van der Waals surface area contributed by atoms with Gasteiger partial charge >= 0.3 is 0 Å². The lowest BCUT2D eigenvalue weighted by Crippen LogP contribution is -2.56. The predicted octanol–water partition coefficient (Wildman–Crippen LogP) is 3.36. The number of hydrogen-bond donors (Lipinski definition) is 1. The maximum absolute atomic E-state index is 6.05. The molecule has 2 aliphatic carbocycles. The van der Waals surface area contributed by atoms with Crippen LogP contribution in [0.25, 0.3) is 0 Å². The van der Waals surface area contributed by atoms with Gasteiger partial charge in [-0.1, -0.05) is 32.6 Å². The molecular formula is C15H29NO. The zero-order chi connectivity index (χ0) is 12.3. The van der Waals surface area contributed by atoms with Crippen LogP contribution in [0.1, 0.15) is 58.3 Å². The van der Waals surface area contributed by atoms with E-state index in [9.17, 15) is 0 Å². The average molecular weight is 239 g/mol. The van der Waals surface area contributed by atoms with E-state index in [2.05, 4.69) is 19.3 Å². The highest BCUT2D eigenvalue weighted by molar-refractivity contribution is 5.00. The van der Waals surface area contributed by atoms with Crippen molar-refractivity contribution in [1.29, 1.82) is 0 Å². The van der Waals surface area contributed by atoms with Gasteiger partial charge in [0.25, 0.3) is 0 Å². The van der Waals surface area contributed by atoms with Crippen molar-refractivity contribution in [3.8, 4) is 0 Å². The summed E-state index contributed by atoms with van der Waals surface area (Å²) in [5.41, 5.74) is 0.113. The van der Waals surface area contributed by atoms with E-state index in [-0.39, 0.29) is 5.60 Å². The summed E-state index contributed by atoms with van der Waals surface area (Å²) < 4.78 is 6.05. The molecule has 100 valence electrons. The Morgan fingerprint density at radius 3 is 2.41 bits per heavy atom. The zero-order valence-corrected chi connectivity index (χ0v) is 11.8. The Labute approximate surface area is 107 Å². The number of hydrogen-bond acceptors (Lipinski definition) is 2. The van der Waals surface area contributed by atoms with Gasteiger partial charge in [0.05, 0.1) is 5.60 Å². The number of methoxy groups -OCH3 is 1. The molecule has 0 spiro atoms. The molecule has 3 unspecified atom stereocenters. The molecule has 2 rings (SSSR count). The van der Waals surface area contributed by atoms with E-state index < -0.39 is 0 Å². The molecule has 0 aliphatic heterocycles. The maximum atomic E-state index is 6.05. The predicted molar refractivity (Wildman–Crippen MR) is 72.2 cm³/mol. The fraction of sp³-hybridized carbons (Fsp3) is 1.00. The van der Waals surface area contributed by atoms with E-state index in [0.29, 0.717) is 6.04 Å². The molecule has 17 heavy (non-hydrogen) atoms. The molecular weight excluding hydrogens is 210 g/mol. The van der Waals surface area contributed by atoms with Gasteiger partial charge in [0.15, 0.2) is 0 Å². The molecule has 0 amide bonds. The van der Waals surface area contributed by atoms with Crippen LogP contribution in [0, 0.1) is 11.8 Å². The molecule has 0 saturated heterocycles. The van der Waals surface area contributed by atoms with Crippen molar-refractivity contribution >= 4 is 0 Å². The third-order valence-electron chi connectivity index (χ3n) is 5.15. The molecule has 0 bridgehead atoms. The van der Waals surface area contributed by atoms with E-state index in [1.54, 1.807) is 0 Å². The second-order valence-corrected chi connectivity index (χ2v) is 6.28. The molecule has 0 radical (unpaired) electrons. The minimum Gasteiger partial charge on any atom is -0.377 e. The monoisotopic (exact) mass is 239 g/mol. The van der Waals surface area contributed by atoms with Gasteiger partial charge in [-0.25, -0.2) is 0 Å². The fourth-order valence-electron chi connectivity index (χ4n) is 4.36. The molecule has 0 heterocycles. The first kappa shape index (κ1) is 13.4. The van der Waals surface area contributed by atoms with Crippen molar-refractivity contribution in [2.45, 2.75) is 69.9 Å². The average Bonchev–Trinajstić information content (AvgIpc) is 2.83. The molecule has 2 heteroatoms. The van der Waals surface area contributed by atoms with Crippen LogP contribution in [0.5, 0.6) is 0 Å². The smallest absolute Gasteiger partial charge is 0.0836 e. The van der Waals surface area contributed by atoms with Gasteiger partial charge < -0.3 is 10.1 Å². The summed E-state index contributed by atoms with van der Waals surface area (Å²) in [5, 5.41) is 3.60. The van der Waals surface area contributed by atoms with E-state index in [0.717, 1.165) is 11.8 Å². The maximum Gasteiger partial charge on any atom is 0.0836 e. The van der Waals surface area contributed by atoms with Gasteiger partial charge in [0.1, 0.15) is 0 Å². The van der Waals surface area contributed by atoms with Crippen molar-refractivity contribution < 1.29 is 4.74 Å². The number of nitrogens with one attached hydrogen (secondary N) is 1. The van der Waals surface area contributed by atoms with Gasteiger partial charge in [0.2, 0.25) is 0 Å². The Morgan fingerprint density at radius 1 is 1.18 bits per heavy atom. The third-order valence-corrected chi connectivity index (χ3v) is 5.15. The molecule has 2 nitrogen and oxygen atoms in total. The molecule has 2 saturated carbocycles. The first-order chi connectivity index (χ1) is 8.22. The third kappa shape index (κ3) is 2.68. The van der Waals surface area contributed by atoms with Crippen LogP contribution in [0.3, 0.4) is 0 Å². The van der Waals surface area contributed by atoms with Crippen LogP contribution in [-0.4, -0.2) is 25.8 Å². The standard InChI is InChI=1S/C15H29NO/c1-12-7-6-10-15(11-12,17-3)14(16-2)13-8-4-5-9-13/h12-14,16H,4-11H2,1-3H3. The number of rotatable bonds is 4. The summed E-state index contributed by atoms with van der Waals surface area (Å²) in [7, 11) is 4.06. The topological polar surface area (TPSA) is 21.3 Å². The van der Waals surface area contributed by atoms with Crippen LogP contribution in [-0.2, 0) is 4.74 Å². The Kier molecular flexibility index (Phi) is 4.48. The van der Waals surface area contributed by atoms with E-state index in [1.165, 1.54) is 51.4 Å². The highest BCUT2D eigenvalue weighted by atomic mass is 16.5. The first-order valence-electron chi connectivity index (χ1n) is 7.44. The van der Waals surface area contributed by atoms with Crippen LogP contribution in [0.4, 0.5) is 0 Å². The SMILES string of the molecule is CNC(C1CCCC1)C1(OC)CCCC(C)C1. The molecule has 2 aliphatic rings. The Hall–Kier alpha value is -0.0800. The Balaban J connectivity index is 2.12. The van der Waals surface area contributed by atoms with E-state index in [4.69, 9.17) is 4.74 Å². The lowest BCUT2D eigenvalue weighted by Gasteiger charge is -2.47. The van der Waals surface area contributed by atoms with Crippen LogP contribution >= 0.6 is 0 Å². The van der Waals surface area contributed by atoms with Crippen molar-refractivity contribution in [3.05, 3.63) is 0 Å². The second kappa shape index (κ2) is 5.71. The molecule has 2 fully saturated rings. The molecule has 0 aromatic heterocycles. The second-order valence-electron chi connectivity index (χ2n) is 6.28. The van der Waals surface area contributed by atoms with Crippen LogP contribution in [0.2, 0.25) is 0 Å². The molecule has 0 aromatic rings. The summed E-state index contributed by atoms with van der Waals surface area (Å²) in [5.74, 6) is 1.66. The summed E-state index contributed by atoms with van der Waals surface area (Å²) in [4.78, 5) is 0. The quantitative estimate of drug-likeness (QED) is 0.812. The van der Waals surface area contributed by atoms with E-state index >= 15 is 0 Å². The van der Waals surface area contributed by atoms with Crippen molar-refractivity contribution in [1.82, 2.24) is 5.32 Å². The first-order valence-corrected chi connectivity index (χ1v) is 7.44. The molecule has 3 atom stereocenters. The summed E-state index contributed by atoms with van der Waals surface area (Å²) in [6, 6.07) is 0.567. The summed E-state index contributed by atoms with van der Waals surface area (Å²) in [6.07, 6.45) is 10.8. The van der Waals surface area contributed by atoms with Gasteiger partial charge in [0, 0.05) is 13.2 Å². The van der Waals surface area contributed by atoms with E-state index in [1.807, 2.05) is 7.11 Å². The molecule has 0 aromatic carbocycles. The zero-order valence-electron chi connectivity index (χ0n) is 11.8.